The molecule has 2 aromatic rings. The summed E-state index contributed by atoms with van der Waals surface area (Å²) in [4.78, 5) is 0. The standard InChI is InChI=1S/C16H17NO/c1-16(11-17-12-16)18-15-9-7-14(8-10-15)13-5-3-2-4-6-13/h2-10,17H,11-12H2,1H3. The molecule has 0 saturated carbocycles. The quantitative estimate of drug-likeness (QED) is 0.888. The van der Waals surface area contributed by atoms with E-state index < -0.39 is 0 Å². The van der Waals surface area contributed by atoms with Crippen molar-refractivity contribution in [3.8, 4) is 16.9 Å². The van der Waals surface area contributed by atoms with Gasteiger partial charge >= 0.3 is 0 Å². The molecule has 0 aliphatic carbocycles. The molecule has 0 radical (unpaired) electrons. The third-order valence-corrected chi connectivity index (χ3v) is 3.32. The van der Waals surface area contributed by atoms with Gasteiger partial charge in [-0.25, -0.2) is 0 Å². The maximum atomic E-state index is 5.97. The third kappa shape index (κ3) is 2.24. The van der Waals surface area contributed by atoms with E-state index in [1.54, 1.807) is 0 Å². The van der Waals surface area contributed by atoms with Gasteiger partial charge in [0.25, 0.3) is 0 Å². The molecule has 1 fully saturated rings. The first-order valence-corrected chi connectivity index (χ1v) is 6.30. The molecule has 92 valence electrons. The largest absolute Gasteiger partial charge is 0.485 e. The summed E-state index contributed by atoms with van der Waals surface area (Å²) < 4.78 is 5.97. The first-order chi connectivity index (χ1) is 8.75. The van der Waals surface area contributed by atoms with Crippen LogP contribution in [0.25, 0.3) is 11.1 Å². The lowest BCUT2D eigenvalue weighted by atomic mass is 10.00. The Morgan fingerprint density at radius 1 is 0.889 bits per heavy atom. The van der Waals surface area contributed by atoms with Crippen LogP contribution in [0.1, 0.15) is 6.92 Å². The second kappa shape index (κ2) is 4.46. The van der Waals surface area contributed by atoms with Crippen LogP contribution in [-0.4, -0.2) is 18.7 Å². The molecule has 1 N–H and O–H groups in total. The zero-order valence-corrected chi connectivity index (χ0v) is 10.5. The fraction of sp³-hybridized carbons (Fsp3) is 0.250. The number of benzene rings is 2. The molecule has 0 atom stereocenters. The van der Waals surface area contributed by atoms with E-state index in [-0.39, 0.29) is 5.60 Å². The van der Waals surface area contributed by atoms with E-state index in [1.807, 2.05) is 18.2 Å². The molecule has 1 aliphatic rings. The molecule has 1 saturated heterocycles. The van der Waals surface area contributed by atoms with Gasteiger partial charge in [0.05, 0.1) is 0 Å². The normalized spacial score (nSPS) is 16.9. The molecule has 2 heteroatoms. The van der Waals surface area contributed by atoms with E-state index in [2.05, 4.69) is 48.6 Å². The van der Waals surface area contributed by atoms with E-state index in [1.165, 1.54) is 11.1 Å². The van der Waals surface area contributed by atoms with Crippen LogP contribution in [0, 0.1) is 0 Å². The Balaban J connectivity index is 1.77. The lowest BCUT2D eigenvalue weighted by Crippen LogP contribution is -2.60. The zero-order valence-electron chi connectivity index (χ0n) is 10.5. The zero-order chi connectivity index (χ0) is 12.4. The highest BCUT2D eigenvalue weighted by molar-refractivity contribution is 5.63. The van der Waals surface area contributed by atoms with E-state index >= 15 is 0 Å². The Hall–Kier alpha value is -1.80. The summed E-state index contributed by atoms with van der Waals surface area (Å²) in [5.74, 6) is 0.943. The number of hydrogen-bond donors (Lipinski definition) is 1. The van der Waals surface area contributed by atoms with Crippen LogP contribution < -0.4 is 10.1 Å². The fourth-order valence-corrected chi connectivity index (χ4v) is 2.18. The van der Waals surface area contributed by atoms with Crippen LogP contribution in [0.5, 0.6) is 5.75 Å². The Morgan fingerprint density at radius 3 is 2.06 bits per heavy atom. The van der Waals surface area contributed by atoms with Gasteiger partial charge in [0.15, 0.2) is 0 Å². The number of hydrogen-bond acceptors (Lipinski definition) is 2. The molecule has 18 heavy (non-hydrogen) atoms. The van der Waals surface area contributed by atoms with Crippen LogP contribution in [0.15, 0.2) is 54.6 Å². The number of nitrogens with one attached hydrogen (secondary N) is 1. The average molecular weight is 239 g/mol. The molecular weight excluding hydrogens is 222 g/mol. The molecule has 1 aliphatic heterocycles. The highest BCUT2D eigenvalue weighted by Gasteiger charge is 2.33. The van der Waals surface area contributed by atoms with E-state index in [0.29, 0.717) is 0 Å². The minimum absolute atomic E-state index is 0.0335. The van der Waals surface area contributed by atoms with E-state index in [9.17, 15) is 0 Å². The number of rotatable bonds is 3. The minimum Gasteiger partial charge on any atom is -0.485 e. The first kappa shape index (κ1) is 11.3. The van der Waals surface area contributed by atoms with E-state index in [4.69, 9.17) is 4.74 Å². The van der Waals surface area contributed by atoms with Gasteiger partial charge in [-0.2, -0.15) is 0 Å². The highest BCUT2D eigenvalue weighted by Crippen LogP contribution is 2.25. The Morgan fingerprint density at radius 2 is 1.50 bits per heavy atom. The van der Waals surface area contributed by atoms with Gasteiger partial charge in [0.1, 0.15) is 11.4 Å². The van der Waals surface area contributed by atoms with Gasteiger partial charge < -0.3 is 10.1 Å². The van der Waals surface area contributed by atoms with Crippen molar-refractivity contribution in [2.24, 2.45) is 0 Å². The molecule has 0 amide bonds. The number of ether oxygens (including phenoxy) is 1. The monoisotopic (exact) mass is 239 g/mol. The molecule has 0 unspecified atom stereocenters. The lowest BCUT2D eigenvalue weighted by Gasteiger charge is -2.39. The van der Waals surface area contributed by atoms with Crippen LogP contribution in [0.2, 0.25) is 0 Å². The Labute approximate surface area is 108 Å². The molecule has 2 aromatic carbocycles. The average Bonchev–Trinajstić information content (AvgIpc) is 2.39. The third-order valence-electron chi connectivity index (χ3n) is 3.32. The van der Waals surface area contributed by atoms with Crippen LogP contribution in [0.3, 0.4) is 0 Å². The summed E-state index contributed by atoms with van der Waals surface area (Å²) in [6, 6.07) is 18.7. The topological polar surface area (TPSA) is 21.3 Å². The molecule has 0 aromatic heterocycles. The van der Waals surface area contributed by atoms with Gasteiger partial charge in [-0.1, -0.05) is 42.5 Å². The van der Waals surface area contributed by atoms with Crippen LogP contribution in [-0.2, 0) is 0 Å². The maximum absolute atomic E-state index is 5.97. The van der Waals surface area contributed by atoms with Crippen molar-refractivity contribution < 1.29 is 4.74 Å². The molecule has 0 spiro atoms. The summed E-state index contributed by atoms with van der Waals surface area (Å²) in [5.41, 5.74) is 2.43. The molecule has 2 nitrogen and oxygen atoms in total. The molecule has 0 bridgehead atoms. The van der Waals surface area contributed by atoms with Gasteiger partial charge in [0, 0.05) is 13.1 Å². The van der Waals surface area contributed by atoms with Crippen LogP contribution in [0.4, 0.5) is 0 Å². The summed E-state index contributed by atoms with van der Waals surface area (Å²) in [7, 11) is 0. The molecular formula is C16H17NO. The first-order valence-electron chi connectivity index (χ1n) is 6.30. The molecule has 3 rings (SSSR count). The summed E-state index contributed by atoms with van der Waals surface area (Å²) in [5, 5.41) is 3.23. The van der Waals surface area contributed by atoms with Gasteiger partial charge in [-0.05, 0) is 30.2 Å². The van der Waals surface area contributed by atoms with Gasteiger partial charge in [0.2, 0.25) is 0 Å². The van der Waals surface area contributed by atoms with E-state index in [0.717, 1.165) is 18.8 Å². The predicted molar refractivity (Wildman–Crippen MR) is 73.8 cm³/mol. The molecule has 1 heterocycles. The van der Waals surface area contributed by atoms with Gasteiger partial charge in [-0.3, -0.25) is 0 Å². The second-order valence-corrected chi connectivity index (χ2v) is 5.05. The Kier molecular flexibility index (Phi) is 2.80. The summed E-state index contributed by atoms with van der Waals surface area (Å²) in [6.07, 6.45) is 0. The second-order valence-electron chi connectivity index (χ2n) is 5.05. The maximum Gasteiger partial charge on any atom is 0.131 e. The van der Waals surface area contributed by atoms with Crippen molar-refractivity contribution in [3.63, 3.8) is 0 Å². The fourth-order valence-electron chi connectivity index (χ4n) is 2.18. The lowest BCUT2D eigenvalue weighted by molar-refractivity contribution is 0.0349. The van der Waals surface area contributed by atoms with Crippen molar-refractivity contribution in [2.45, 2.75) is 12.5 Å². The smallest absolute Gasteiger partial charge is 0.131 e. The minimum atomic E-state index is -0.0335. The summed E-state index contributed by atoms with van der Waals surface area (Å²) >= 11 is 0. The van der Waals surface area contributed by atoms with Gasteiger partial charge in [-0.15, -0.1) is 0 Å². The van der Waals surface area contributed by atoms with Crippen molar-refractivity contribution in [1.82, 2.24) is 5.32 Å². The SMILES string of the molecule is CC1(Oc2ccc(-c3ccccc3)cc2)CNC1. The van der Waals surface area contributed by atoms with Crippen molar-refractivity contribution in [3.05, 3.63) is 54.6 Å². The highest BCUT2D eigenvalue weighted by atomic mass is 16.5. The Bertz CT molecular complexity index is 515. The van der Waals surface area contributed by atoms with Crippen molar-refractivity contribution in [2.75, 3.05) is 13.1 Å². The summed E-state index contributed by atoms with van der Waals surface area (Å²) in [6.45, 7) is 3.98. The van der Waals surface area contributed by atoms with Crippen LogP contribution >= 0.6 is 0 Å². The predicted octanol–water partition coefficient (Wildman–Crippen LogP) is 3.09. The van der Waals surface area contributed by atoms with Crippen molar-refractivity contribution in [1.29, 1.82) is 0 Å². The van der Waals surface area contributed by atoms with Crippen molar-refractivity contribution >= 4 is 0 Å².